The van der Waals surface area contributed by atoms with Gasteiger partial charge in [0.1, 0.15) is 0 Å². The molecular weight excluding hydrogens is 392 g/mol. The smallest absolute Gasteiger partial charge is 0.340 e. The molecule has 1 aromatic heterocycles. The lowest BCUT2D eigenvalue weighted by Crippen LogP contribution is -2.31. The van der Waals surface area contributed by atoms with Crippen LogP contribution in [0, 0.1) is 5.41 Å². The Labute approximate surface area is 184 Å². The highest BCUT2D eigenvalue weighted by molar-refractivity contribution is 6.09. The van der Waals surface area contributed by atoms with E-state index in [0.29, 0.717) is 47.2 Å². The van der Waals surface area contributed by atoms with Crippen molar-refractivity contribution in [2.24, 2.45) is 10.4 Å². The second-order valence-electron chi connectivity index (χ2n) is 8.88. The number of nitrogens with zero attached hydrogens (tertiary/aromatic N) is 2. The fourth-order valence-electron chi connectivity index (χ4n) is 3.95. The molecule has 1 aliphatic carbocycles. The molecule has 1 aromatic rings. The first-order chi connectivity index (χ1) is 14.8. The third-order valence-corrected chi connectivity index (χ3v) is 5.62. The van der Waals surface area contributed by atoms with Gasteiger partial charge in [0.15, 0.2) is 5.78 Å². The number of aromatic nitrogens is 1. The molecule has 1 atom stereocenters. The van der Waals surface area contributed by atoms with Crippen LogP contribution in [0.25, 0.3) is 5.57 Å². The normalized spacial score (nSPS) is 18.2. The number of ketones is 1. The molecule has 0 amide bonds. The zero-order chi connectivity index (χ0) is 22.6. The van der Waals surface area contributed by atoms with Gasteiger partial charge < -0.3 is 9.47 Å². The summed E-state index contributed by atoms with van der Waals surface area (Å²) in [5.41, 5.74) is 3.15. The maximum atomic E-state index is 13.3. The first-order valence-corrected chi connectivity index (χ1v) is 11.0. The summed E-state index contributed by atoms with van der Waals surface area (Å²) in [4.78, 5) is 35.6. The predicted octanol–water partition coefficient (Wildman–Crippen LogP) is 5.10. The molecule has 0 N–H and O–H groups in total. The van der Waals surface area contributed by atoms with Crippen LogP contribution in [0.5, 0.6) is 0 Å². The zero-order valence-corrected chi connectivity index (χ0v) is 19.2. The SMILES string of the molecule is CCOC(=O)c1c(COC(C)CC)nc2c(c1C1=CN=CCC=C1)C(=O)CC(C)(C)C2. The number of carbonyl (C=O) groups is 2. The van der Waals surface area contributed by atoms with Crippen molar-refractivity contribution in [2.75, 3.05) is 6.61 Å². The van der Waals surface area contributed by atoms with Crippen LogP contribution < -0.4 is 0 Å². The maximum absolute atomic E-state index is 13.3. The molecule has 3 rings (SSSR count). The summed E-state index contributed by atoms with van der Waals surface area (Å²) < 4.78 is 11.4. The van der Waals surface area contributed by atoms with E-state index in [0.717, 1.165) is 12.1 Å². The minimum atomic E-state index is -0.490. The second-order valence-corrected chi connectivity index (χ2v) is 8.88. The summed E-state index contributed by atoms with van der Waals surface area (Å²) in [6, 6.07) is 0. The molecule has 0 radical (unpaired) electrons. The van der Waals surface area contributed by atoms with Crippen molar-refractivity contribution >= 4 is 23.5 Å². The van der Waals surface area contributed by atoms with Gasteiger partial charge >= 0.3 is 5.97 Å². The van der Waals surface area contributed by atoms with E-state index in [-0.39, 0.29) is 30.5 Å². The Morgan fingerprint density at radius 2 is 2.00 bits per heavy atom. The topological polar surface area (TPSA) is 77.8 Å². The van der Waals surface area contributed by atoms with Crippen LogP contribution in [0.4, 0.5) is 0 Å². The molecule has 0 fully saturated rings. The van der Waals surface area contributed by atoms with Gasteiger partial charge in [0, 0.05) is 42.0 Å². The minimum Gasteiger partial charge on any atom is -0.462 e. The quantitative estimate of drug-likeness (QED) is 0.569. The lowest BCUT2D eigenvalue weighted by molar-refractivity contribution is 0.0432. The van der Waals surface area contributed by atoms with Gasteiger partial charge in [-0.1, -0.05) is 32.9 Å². The molecule has 2 aliphatic rings. The van der Waals surface area contributed by atoms with Crippen molar-refractivity contribution in [3.63, 3.8) is 0 Å². The third-order valence-electron chi connectivity index (χ3n) is 5.62. The Bertz CT molecular complexity index is 957. The fourth-order valence-corrected chi connectivity index (χ4v) is 3.95. The summed E-state index contributed by atoms with van der Waals surface area (Å²) in [7, 11) is 0. The number of hydrogen-bond acceptors (Lipinski definition) is 6. The molecule has 166 valence electrons. The Hall–Kier alpha value is -2.60. The summed E-state index contributed by atoms with van der Waals surface area (Å²) in [5, 5.41) is 0. The number of pyridine rings is 1. The Morgan fingerprint density at radius 1 is 1.23 bits per heavy atom. The first-order valence-electron chi connectivity index (χ1n) is 11.0. The first kappa shape index (κ1) is 23.1. The Morgan fingerprint density at radius 3 is 2.71 bits per heavy atom. The molecule has 0 aromatic carbocycles. The van der Waals surface area contributed by atoms with Gasteiger partial charge in [-0.3, -0.25) is 14.8 Å². The Balaban J connectivity index is 2.29. The summed E-state index contributed by atoms with van der Waals surface area (Å²) in [6.07, 6.45) is 9.99. The standard InChI is InChI=1S/C25H32N2O4/c1-6-16(3)31-15-19-23(24(29)30-7-2)21(17-10-8-9-11-26-14-17)22-18(27-19)12-25(4,5)13-20(22)28/h8,10-11,14,16H,6-7,9,12-13,15H2,1-5H3. The number of aliphatic imine (C=N–C) groups is 1. The van der Waals surface area contributed by atoms with Gasteiger partial charge in [0.2, 0.25) is 0 Å². The van der Waals surface area contributed by atoms with Crippen LogP contribution in [0.1, 0.15) is 91.5 Å². The Kier molecular flexibility index (Phi) is 7.21. The number of fused-ring (bicyclic) bond motifs is 1. The second kappa shape index (κ2) is 9.69. The van der Waals surface area contributed by atoms with Crippen molar-refractivity contribution in [3.8, 4) is 0 Å². The van der Waals surface area contributed by atoms with Crippen LogP contribution >= 0.6 is 0 Å². The molecule has 31 heavy (non-hydrogen) atoms. The van der Waals surface area contributed by atoms with Crippen LogP contribution in [0.15, 0.2) is 23.3 Å². The number of esters is 1. The van der Waals surface area contributed by atoms with Crippen molar-refractivity contribution in [1.82, 2.24) is 4.98 Å². The molecule has 0 saturated heterocycles. The van der Waals surface area contributed by atoms with Gasteiger partial charge in [-0.25, -0.2) is 4.79 Å². The van der Waals surface area contributed by atoms with E-state index in [1.807, 2.05) is 26.0 Å². The largest absolute Gasteiger partial charge is 0.462 e. The molecule has 2 heterocycles. The number of Topliss-reactive ketones (excluding diaryl/α,β-unsaturated/α-hetero) is 1. The molecule has 0 bridgehead atoms. The monoisotopic (exact) mass is 424 g/mol. The van der Waals surface area contributed by atoms with E-state index in [1.54, 1.807) is 19.3 Å². The lowest BCUT2D eigenvalue weighted by atomic mass is 9.73. The number of rotatable bonds is 7. The zero-order valence-electron chi connectivity index (χ0n) is 19.2. The number of carbonyl (C=O) groups excluding carboxylic acids is 2. The number of ether oxygens (including phenoxy) is 2. The highest BCUT2D eigenvalue weighted by atomic mass is 16.5. The predicted molar refractivity (Wildman–Crippen MR) is 121 cm³/mol. The molecule has 6 heteroatoms. The van der Waals surface area contributed by atoms with Crippen LogP contribution in [-0.2, 0) is 22.5 Å². The van der Waals surface area contributed by atoms with Crippen molar-refractivity contribution in [2.45, 2.75) is 73.0 Å². The van der Waals surface area contributed by atoms with E-state index in [2.05, 4.69) is 18.8 Å². The number of hydrogen-bond donors (Lipinski definition) is 0. The van der Waals surface area contributed by atoms with Gasteiger partial charge in [-0.2, -0.15) is 0 Å². The van der Waals surface area contributed by atoms with E-state index in [4.69, 9.17) is 14.5 Å². The van der Waals surface area contributed by atoms with Crippen LogP contribution in [0.2, 0.25) is 0 Å². The van der Waals surface area contributed by atoms with Crippen LogP contribution in [-0.4, -0.2) is 35.7 Å². The summed E-state index contributed by atoms with van der Waals surface area (Å²) in [5.74, 6) is -0.494. The van der Waals surface area contributed by atoms with Crippen molar-refractivity contribution in [3.05, 3.63) is 46.4 Å². The average Bonchev–Trinajstić information content (AvgIpc) is 2.99. The van der Waals surface area contributed by atoms with E-state index in [1.165, 1.54) is 0 Å². The van der Waals surface area contributed by atoms with Crippen molar-refractivity contribution in [1.29, 1.82) is 0 Å². The molecule has 0 spiro atoms. The highest BCUT2D eigenvalue weighted by Crippen LogP contribution is 2.40. The highest BCUT2D eigenvalue weighted by Gasteiger charge is 2.37. The molecular formula is C25H32N2O4. The minimum absolute atomic E-state index is 0.00350. The van der Waals surface area contributed by atoms with Crippen LogP contribution in [0.3, 0.4) is 0 Å². The van der Waals surface area contributed by atoms with Gasteiger partial charge in [0.25, 0.3) is 0 Å². The maximum Gasteiger partial charge on any atom is 0.340 e. The molecule has 6 nitrogen and oxygen atoms in total. The van der Waals surface area contributed by atoms with Gasteiger partial charge in [-0.05, 0) is 32.1 Å². The van der Waals surface area contributed by atoms with Gasteiger partial charge in [-0.15, -0.1) is 0 Å². The van der Waals surface area contributed by atoms with E-state index in [9.17, 15) is 9.59 Å². The summed E-state index contributed by atoms with van der Waals surface area (Å²) in [6.45, 7) is 10.3. The third kappa shape index (κ3) is 5.18. The summed E-state index contributed by atoms with van der Waals surface area (Å²) >= 11 is 0. The van der Waals surface area contributed by atoms with Gasteiger partial charge in [0.05, 0.1) is 36.3 Å². The molecule has 0 saturated carbocycles. The lowest BCUT2D eigenvalue weighted by Gasteiger charge is -2.32. The average molecular weight is 425 g/mol. The van der Waals surface area contributed by atoms with E-state index >= 15 is 0 Å². The molecule has 1 unspecified atom stereocenters. The molecule has 1 aliphatic heterocycles. The fraction of sp³-hybridized carbons (Fsp3) is 0.520. The van der Waals surface area contributed by atoms with E-state index < -0.39 is 5.97 Å². The van der Waals surface area contributed by atoms with Crippen molar-refractivity contribution < 1.29 is 19.1 Å². The number of allylic oxidation sites excluding steroid dienone is 3.